The second-order valence-corrected chi connectivity index (χ2v) is 5.20. The largest absolute Gasteiger partial charge is 0.391 e. The minimum absolute atomic E-state index is 0.0816. The number of aliphatic hydroxyl groups is 1. The highest BCUT2D eigenvalue weighted by Gasteiger charge is 2.28. The van der Waals surface area contributed by atoms with Crippen molar-refractivity contribution in [3.8, 4) is 0 Å². The minimum atomic E-state index is -0.595. The number of anilines is 2. The Morgan fingerprint density at radius 2 is 2.05 bits per heavy atom. The monoisotopic (exact) mass is 277 g/mol. The zero-order valence-electron chi connectivity index (χ0n) is 11.7. The quantitative estimate of drug-likeness (QED) is 0.829. The predicted octanol–water partition coefficient (Wildman–Crippen LogP) is 0.284. The highest BCUT2D eigenvalue weighted by atomic mass is 16.3. The number of hydrogen-bond donors (Lipinski definition) is 2. The summed E-state index contributed by atoms with van der Waals surface area (Å²) in [6.07, 6.45) is -0.427. The summed E-state index contributed by atoms with van der Waals surface area (Å²) in [5.41, 5.74) is 1.42. The number of hydrogen-bond acceptors (Lipinski definition) is 4. The lowest BCUT2D eigenvalue weighted by Gasteiger charge is -2.16. The fourth-order valence-corrected chi connectivity index (χ4v) is 2.15. The van der Waals surface area contributed by atoms with Crippen molar-refractivity contribution >= 4 is 23.2 Å². The molecule has 1 fully saturated rings. The third-order valence-corrected chi connectivity index (χ3v) is 3.03. The van der Waals surface area contributed by atoms with E-state index in [1.165, 1.54) is 0 Å². The number of nitrogens with one attached hydrogen (secondary N) is 1. The van der Waals surface area contributed by atoms with Crippen LogP contribution in [0, 0.1) is 0 Å². The van der Waals surface area contributed by atoms with Gasteiger partial charge in [-0.1, -0.05) is 0 Å². The molecule has 0 saturated carbocycles. The Labute approximate surface area is 118 Å². The molecule has 1 aliphatic heterocycles. The molecule has 0 spiro atoms. The van der Waals surface area contributed by atoms with Crippen LogP contribution in [0.2, 0.25) is 0 Å². The van der Waals surface area contributed by atoms with Crippen LogP contribution in [-0.2, 0) is 9.59 Å². The van der Waals surface area contributed by atoms with E-state index < -0.39 is 6.10 Å². The summed E-state index contributed by atoms with van der Waals surface area (Å²) < 4.78 is 0. The van der Waals surface area contributed by atoms with Crippen LogP contribution in [0.4, 0.5) is 11.4 Å². The van der Waals surface area contributed by atoms with Crippen LogP contribution in [0.3, 0.4) is 0 Å². The van der Waals surface area contributed by atoms with Gasteiger partial charge in [-0.25, -0.2) is 0 Å². The van der Waals surface area contributed by atoms with Gasteiger partial charge in [0.2, 0.25) is 11.8 Å². The maximum Gasteiger partial charge on any atom is 0.238 e. The molecular formula is C14H19N3O3. The molecule has 1 aliphatic rings. The lowest BCUT2D eigenvalue weighted by atomic mass is 10.2. The number of carbonyl (C=O) groups excluding carboxylic acids is 2. The first kappa shape index (κ1) is 14.5. The molecule has 1 saturated heterocycles. The van der Waals surface area contributed by atoms with Crippen molar-refractivity contribution in [2.75, 3.05) is 37.4 Å². The maximum atomic E-state index is 11.7. The van der Waals surface area contributed by atoms with E-state index in [0.717, 1.165) is 5.69 Å². The zero-order chi connectivity index (χ0) is 14.7. The first-order valence-electron chi connectivity index (χ1n) is 6.49. The first-order chi connectivity index (χ1) is 9.45. The third kappa shape index (κ3) is 3.55. The average Bonchev–Trinajstić information content (AvgIpc) is 2.68. The van der Waals surface area contributed by atoms with Crippen LogP contribution in [0.1, 0.15) is 6.42 Å². The van der Waals surface area contributed by atoms with E-state index in [-0.39, 0.29) is 18.2 Å². The van der Waals surface area contributed by atoms with Crippen molar-refractivity contribution in [2.45, 2.75) is 12.5 Å². The molecular weight excluding hydrogens is 258 g/mol. The van der Waals surface area contributed by atoms with E-state index in [2.05, 4.69) is 5.32 Å². The molecule has 1 atom stereocenters. The third-order valence-electron chi connectivity index (χ3n) is 3.03. The molecule has 6 nitrogen and oxygen atoms in total. The SMILES string of the molecule is CN(C)CC(=O)Nc1ccc(N2CC(O)CC2=O)cc1. The lowest BCUT2D eigenvalue weighted by molar-refractivity contribution is -0.118. The molecule has 0 bridgehead atoms. The van der Waals surface area contributed by atoms with E-state index in [1.807, 2.05) is 14.1 Å². The molecule has 1 aromatic rings. The van der Waals surface area contributed by atoms with Gasteiger partial charge in [-0.05, 0) is 38.4 Å². The van der Waals surface area contributed by atoms with E-state index in [0.29, 0.717) is 18.8 Å². The van der Waals surface area contributed by atoms with Crippen molar-refractivity contribution in [1.82, 2.24) is 4.90 Å². The van der Waals surface area contributed by atoms with Crippen LogP contribution in [0.5, 0.6) is 0 Å². The van der Waals surface area contributed by atoms with Gasteiger partial charge in [0.15, 0.2) is 0 Å². The Morgan fingerprint density at radius 1 is 1.40 bits per heavy atom. The van der Waals surface area contributed by atoms with Gasteiger partial charge in [0.05, 0.1) is 25.6 Å². The first-order valence-corrected chi connectivity index (χ1v) is 6.49. The van der Waals surface area contributed by atoms with E-state index in [1.54, 1.807) is 34.1 Å². The van der Waals surface area contributed by atoms with Gasteiger partial charge in [-0.15, -0.1) is 0 Å². The lowest BCUT2D eigenvalue weighted by Crippen LogP contribution is -2.27. The second kappa shape index (κ2) is 6.02. The molecule has 6 heteroatoms. The molecule has 1 heterocycles. The van der Waals surface area contributed by atoms with Crippen molar-refractivity contribution in [3.05, 3.63) is 24.3 Å². The number of nitrogens with zero attached hydrogens (tertiary/aromatic N) is 2. The molecule has 108 valence electrons. The smallest absolute Gasteiger partial charge is 0.238 e. The molecule has 2 rings (SSSR count). The second-order valence-electron chi connectivity index (χ2n) is 5.20. The van der Waals surface area contributed by atoms with E-state index in [4.69, 9.17) is 0 Å². The number of carbonyl (C=O) groups is 2. The van der Waals surface area contributed by atoms with Gasteiger partial charge < -0.3 is 20.2 Å². The van der Waals surface area contributed by atoms with Crippen molar-refractivity contribution in [3.63, 3.8) is 0 Å². The summed E-state index contributed by atoms with van der Waals surface area (Å²) in [7, 11) is 3.65. The van der Waals surface area contributed by atoms with Crippen LogP contribution in [0.15, 0.2) is 24.3 Å². The van der Waals surface area contributed by atoms with Crippen LogP contribution in [0.25, 0.3) is 0 Å². The van der Waals surface area contributed by atoms with Crippen LogP contribution in [-0.4, -0.2) is 55.1 Å². The number of benzene rings is 1. The van der Waals surface area contributed by atoms with Crippen molar-refractivity contribution in [1.29, 1.82) is 0 Å². The topological polar surface area (TPSA) is 72.9 Å². The summed E-state index contributed by atoms with van der Waals surface area (Å²) >= 11 is 0. The normalized spacial score (nSPS) is 18.7. The molecule has 1 unspecified atom stereocenters. The Kier molecular flexibility index (Phi) is 4.36. The van der Waals surface area contributed by atoms with E-state index in [9.17, 15) is 14.7 Å². The summed E-state index contributed by atoms with van der Waals surface area (Å²) in [5.74, 6) is -0.169. The predicted molar refractivity (Wildman–Crippen MR) is 76.6 cm³/mol. The van der Waals surface area contributed by atoms with Gasteiger partial charge in [0.25, 0.3) is 0 Å². The fraction of sp³-hybridized carbons (Fsp3) is 0.429. The minimum Gasteiger partial charge on any atom is -0.391 e. The number of aliphatic hydroxyl groups excluding tert-OH is 1. The fourth-order valence-electron chi connectivity index (χ4n) is 2.15. The van der Waals surface area contributed by atoms with Gasteiger partial charge in [-0.2, -0.15) is 0 Å². The molecule has 0 aromatic heterocycles. The van der Waals surface area contributed by atoms with Crippen LogP contribution < -0.4 is 10.2 Å². The molecule has 1 aromatic carbocycles. The highest BCUT2D eigenvalue weighted by Crippen LogP contribution is 2.23. The zero-order valence-corrected chi connectivity index (χ0v) is 11.7. The van der Waals surface area contributed by atoms with Gasteiger partial charge in [0, 0.05) is 11.4 Å². The number of amides is 2. The Morgan fingerprint density at radius 3 is 2.55 bits per heavy atom. The molecule has 0 aliphatic carbocycles. The Balaban J connectivity index is 2.00. The number of likely N-dealkylation sites (N-methyl/N-ethyl adjacent to an activating group) is 1. The molecule has 20 heavy (non-hydrogen) atoms. The number of β-amino-alcohol motifs (C(OH)–C–C–N with tert-alkyl or cyclic N) is 1. The summed E-state index contributed by atoms with van der Waals surface area (Å²) in [4.78, 5) is 26.6. The van der Waals surface area contributed by atoms with Crippen molar-refractivity contribution < 1.29 is 14.7 Å². The standard InChI is InChI=1S/C14H19N3O3/c1-16(2)9-13(19)15-10-3-5-11(6-4-10)17-8-12(18)7-14(17)20/h3-6,12,18H,7-9H2,1-2H3,(H,15,19). The van der Waals surface area contributed by atoms with Gasteiger partial charge in [-0.3, -0.25) is 9.59 Å². The Hall–Kier alpha value is -1.92. The molecule has 2 amide bonds. The maximum absolute atomic E-state index is 11.7. The van der Waals surface area contributed by atoms with Crippen molar-refractivity contribution in [2.24, 2.45) is 0 Å². The average molecular weight is 277 g/mol. The van der Waals surface area contributed by atoms with E-state index >= 15 is 0 Å². The van der Waals surface area contributed by atoms with Crippen LogP contribution >= 0.6 is 0 Å². The van der Waals surface area contributed by atoms with Gasteiger partial charge >= 0.3 is 0 Å². The van der Waals surface area contributed by atoms with Gasteiger partial charge in [0.1, 0.15) is 0 Å². The summed E-state index contributed by atoms with van der Waals surface area (Å²) in [5, 5.41) is 12.2. The summed E-state index contributed by atoms with van der Waals surface area (Å²) in [6, 6.07) is 7.03. The number of rotatable bonds is 4. The summed E-state index contributed by atoms with van der Waals surface area (Å²) in [6.45, 7) is 0.643. The highest BCUT2D eigenvalue weighted by molar-refractivity contribution is 5.97. The molecule has 2 N–H and O–H groups in total. The Bertz CT molecular complexity index is 499. The molecule has 0 radical (unpaired) electrons.